The summed E-state index contributed by atoms with van der Waals surface area (Å²) in [5.74, 6) is 0. The number of likely N-dealkylation sites (N-methyl/N-ethyl adjacent to an activating group) is 1. The molecular formula is C7H20N4. The second-order valence-electron chi connectivity index (χ2n) is 2.90. The summed E-state index contributed by atoms with van der Waals surface area (Å²) in [6, 6.07) is 0.0952. The third kappa shape index (κ3) is 6.25. The molecule has 0 saturated heterocycles. The molecule has 6 N–H and O–H groups in total. The van der Waals surface area contributed by atoms with Crippen LogP contribution in [0.15, 0.2) is 0 Å². The monoisotopic (exact) mass is 160 g/mol. The summed E-state index contributed by atoms with van der Waals surface area (Å²) in [6.45, 7) is 3.15. The van der Waals surface area contributed by atoms with Gasteiger partial charge in [0.2, 0.25) is 0 Å². The van der Waals surface area contributed by atoms with Crippen LogP contribution in [-0.2, 0) is 0 Å². The first-order chi connectivity index (χ1) is 5.20. The van der Waals surface area contributed by atoms with E-state index in [4.69, 9.17) is 17.2 Å². The van der Waals surface area contributed by atoms with Crippen LogP contribution in [0.25, 0.3) is 0 Å². The van der Waals surface area contributed by atoms with Gasteiger partial charge in [0, 0.05) is 19.1 Å². The summed E-state index contributed by atoms with van der Waals surface area (Å²) in [5, 5.41) is 0. The lowest BCUT2D eigenvalue weighted by atomic mass is 10.3. The van der Waals surface area contributed by atoms with Crippen LogP contribution >= 0.6 is 0 Å². The number of hydrogen-bond donors (Lipinski definition) is 3. The molecule has 4 heteroatoms. The molecule has 0 radical (unpaired) electrons. The quantitative estimate of drug-likeness (QED) is 0.444. The van der Waals surface area contributed by atoms with Gasteiger partial charge in [-0.25, -0.2) is 0 Å². The van der Waals surface area contributed by atoms with Crippen molar-refractivity contribution in [1.82, 2.24) is 4.90 Å². The van der Waals surface area contributed by atoms with Gasteiger partial charge in [-0.15, -0.1) is 0 Å². The molecule has 1 unspecified atom stereocenters. The second kappa shape index (κ2) is 6.54. The fourth-order valence-electron chi connectivity index (χ4n) is 0.927. The van der Waals surface area contributed by atoms with E-state index in [0.29, 0.717) is 6.54 Å². The van der Waals surface area contributed by atoms with Crippen molar-refractivity contribution in [3.63, 3.8) is 0 Å². The molecule has 68 valence electrons. The van der Waals surface area contributed by atoms with Crippen molar-refractivity contribution < 1.29 is 0 Å². The van der Waals surface area contributed by atoms with E-state index in [2.05, 4.69) is 4.90 Å². The summed E-state index contributed by atoms with van der Waals surface area (Å²) in [4.78, 5) is 2.16. The molecule has 0 bridgehead atoms. The van der Waals surface area contributed by atoms with E-state index in [1.165, 1.54) is 0 Å². The fraction of sp³-hybridized carbons (Fsp3) is 1.00. The molecule has 0 aromatic heterocycles. The predicted octanol–water partition coefficient (Wildman–Crippen LogP) is -1.45. The van der Waals surface area contributed by atoms with Gasteiger partial charge in [-0.1, -0.05) is 0 Å². The van der Waals surface area contributed by atoms with Gasteiger partial charge in [-0.3, -0.25) is 0 Å². The molecule has 0 aliphatic heterocycles. The first-order valence-corrected chi connectivity index (χ1v) is 4.05. The third-order valence-electron chi connectivity index (χ3n) is 1.59. The van der Waals surface area contributed by atoms with Crippen LogP contribution in [0.5, 0.6) is 0 Å². The lowest BCUT2D eigenvalue weighted by Crippen LogP contribution is -2.41. The number of nitrogens with two attached hydrogens (primary N) is 3. The Balaban J connectivity index is 3.27. The third-order valence-corrected chi connectivity index (χ3v) is 1.59. The maximum Gasteiger partial charge on any atom is 0.0292 e. The minimum atomic E-state index is 0.0952. The Kier molecular flexibility index (Phi) is 6.45. The zero-order valence-electron chi connectivity index (χ0n) is 7.29. The summed E-state index contributed by atoms with van der Waals surface area (Å²) in [6.07, 6.45) is 1.02. The fourth-order valence-corrected chi connectivity index (χ4v) is 0.927. The highest BCUT2D eigenvalue weighted by Crippen LogP contribution is 1.87. The maximum atomic E-state index is 5.65. The number of rotatable bonds is 6. The number of hydrogen-bond acceptors (Lipinski definition) is 4. The van der Waals surface area contributed by atoms with Crippen molar-refractivity contribution in [2.75, 3.05) is 33.2 Å². The Hall–Kier alpha value is -0.160. The Morgan fingerprint density at radius 1 is 1.36 bits per heavy atom. The van der Waals surface area contributed by atoms with Gasteiger partial charge in [-0.05, 0) is 26.6 Å². The van der Waals surface area contributed by atoms with Crippen molar-refractivity contribution in [2.45, 2.75) is 12.5 Å². The molecule has 0 amide bonds. The molecule has 0 rings (SSSR count). The molecule has 0 heterocycles. The molecule has 1 atom stereocenters. The Morgan fingerprint density at radius 3 is 2.45 bits per heavy atom. The Morgan fingerprint density at radius 2 is 2.00 bits per heavy atom. The highest BCUT2D eigenvalue weighted by Gasteiger charge is 2.02. The van der Waals surface area contributed by atoms with E-state index >= 15 is 0 Å². The molecule has 0 aliphatic rings. The van der Waals surface area contributed by atoms with Crippen molar-refractivity contribution in [3.05, 3.63) is 0 Å². The molecule has 0 aliphatic carbocycles. The highest BCUT2D eigenvalue weighted by molar-refractivity contribution is 4.66. The molecule has 0 spiro atoms. The topological polar surface area (TPSA) is 81.3 Å². The maximum absolute atomic E-state index is 5.65. The van der Waals surface area contributed by atoms with Crippen molar-refractivity contribution in [2.24, 2.45) is 17.2 Å². The Labute approximate surface area is 68.7 Å². The van der Waals surface area contributed by atoms with Crippen LogP contribution in [0.1, 0.15) is 6.42 Å². The van der Waals surface area contributed by atoms with Gasteiger partial charge in [0.25, 0.3) is 0 Å². The van der Waals surface area contributed by atoms with Crippen LogP contribution < -0.4 is 17.2 Å². The summed E-state index contributed by atoms with van der Waals surface area (Å²) < 4.78 is 0. The standard InChI is InChI=1S/C7H20N4/c1-11(4-2-3-8)6-7(10)5-9/h7H,2-6,8-10H2,1H3. The Bertz CT molecular complexity index is 86.5. The lowest BCUT2D eigenvalue weighted by molar-refractivity contribution is 0.310. The molecule has 0 aromatic carbocycles. The van der Waals surface area contributed by atoms with Crippen LogP contribution in [0.2, 0.25) is 0 Å². The molecule has 0 aromatic rings. The van der Waals surface area contributed by atoms with Crippen molar-refractivity contribution >= 4 is 0 Å². The minimum absolute atomic E-state index is 0.0952. The summed E-state index contributed by atoms with van der Waals surface area (Å²) >= 11 is 0. The van der Waals surface area contributed by atoms with Gasteiger partial charge >= 0.3 is 0 Å². The average molecular weight is 160 g/mol. The SMILES string of the molecule is CN(CCCN)CC(N)CN. The van der Waals surface area contributed by atoms with E-state index in [9.17, 15) is 0 Å². The van der Waals surface area contributed by atoms with Crippen molar-refractivity contribution in [1.29, 1.82) is 0 Å². The molecular weight excluding hydrogens is 140 g/mol. The lowest BCUT2D eigenvalue weighted by Gasteiger charge is -2.19. The van der Waals surface area contributed by atoms with E-state index in [-0.39, 0.29) is 6.04 Å². The normalized spacial score (nSPS) is 13.9. The van der Waals surface area contributed by atoms with Crippen LogP contribution in [-0.4, -0.2) is 44.2 Å². The largest absolute Gasteiger partial charge is 0.330 e. The zero-order valence-corrected chi connectivity index (χ0v) is 7.29. The van der Waals surface area contributed by atoms with Crippen molar-refractivity contribution in [3.8, 4) is 0 Å². The van der Waals surface area contributed by atoms with Crippen LogP contribution in [0.3, 0.4) is 0 Å². The highest BCUT2D eigenvalue weighted by atomic mass is 15.1. The van der Waals surface area contributed by atoms with Crippen LogP contribution in [0, 0.1) is 0 Å². The second-order valence-corrected chi connectivity index (χ2v) is 2.90. The first kappa shape index (κ1) is 10.8. The van der Waals surface area contributed by atoms with Gasteiger partial charge in [0.05, 0.1) is 0 Å². The van der Waals surface area contributed by atoms with E-state index in [1.807, 2.05) is 7.05 Å². The summed E-state index contributed by atoms with van der Waals surface area (Å²) in [5.41, 5.74) is 16.4. The van der Waals surface area contributed by atoms with E-state index < -0.39 is 0 Å². The van der Waals surface area contributed by atoms with Gasteiger partial charge in [-0.2, -0.15) is 0 Å². The molecule has 0 saturated carbocycles. The van der Waals surface area contributed by atoms with Gasteiger partial charge < -0.3 is 22.1 Å². The predicted molar refractivity (Wildman–Crippen MR) is 48.2 cm³/mol. The van der Waals surface area contributed by atoms with Gasteiger partial charge in [0.1, 0.15) is 0 Å². The molecule has 0 fully saturated rings. The molecule has 11 heavy (non-hydrogen) atoms. The zero-order chi connectivity index (χ0) is 8.69. The number of nitrogens with zero attached hydrogens (tertiary/aromatic N) is 1. The smallest absolute Gasteiger partial charge is 0.0292 e. The van der Waals surface area contributed by atoms with E-state index in [0.717, 1.165) is 26.1 Å². The first-order valence-electron chi connectivity index (χ1n) is 4.05. The minimum Gasteiger partial charge on any atom is -0.330 e. The van der Waals surface area contributed by atoms with Crippen LogP contribution in [0.4, 0.5) is 0 Å². The summed E-state index contributed by atoms with van der Waals surface area (Å²) in [7, 11) is 2.03. The average Bonchev–Trinajstić information content (AvgIpc) is 2.00. The van der Waals surface area contributed by atoms with E-state index in [1.54, 1.807) is 0 Å². The van der Waals surface area contributed by atoms with Gasteiger partial charge in [0.15, 0.2) is 0 Å². The molecule has 4 nitrogen and oxygen atoms in total.